The van der Waals surface area contributed by atoms with Gasteiger partial charge in [-0.2, -0.15) is 0 Å². The molecule has 11 nitrogen and oxygen atoms in total. The van der Waals surface area contributed by atoms with Gasteiger partial charge in [0, 0.05) is 31.5 Å². The summed E-state index contributed by atoms with van der Waals surface area (Å²) in [6, 6.07) is 12.4. The van der Waals surface area contributed by atoms with E-state index in [4.69, 9.17) is 14.2 Å². The lowest BCUT2D eigenvalue weighted by Gasteiger charge is -2.27. The summed E-state index contributed by atoms with van der Waals surface area (Å²) >= 11 is 0. The van der Waals surface area contributed by atoms with Gasteiger partial charge in [-0.05, 0) is 43.9 Å². The van der Waals surface area contributed by atoms with Crippen LogP contribution in [-0.2, 0) is 41.5 Å². The Labute approximate surface area is 251 Å². The highest BCUT2D eigenvalue weighted by Gasteiger charge is 2.50. The molecule has 2 aromatic carbocycles. The first-order valence-electron chi connectivity index (χ1n) is 14.6. The molecular formula is C32H41N3O8. The van der Waals surface area contributed by atoms with E-state index in [1.165, 1.54) is 13.2 Å². The van der Waals surface area contributed by atoms with Crippen molar-refractivity contribution in [1.29, 1.82) is 0 Å². The van der Waals surface area contributed by atoms with Crippen molar-refractivity contribution >= 4 is 23.4 Å². The van der Waals surface area contributed by atoms with Gasteiger partial charge in [-0.3, -0.25) is 24.1 Å². The first-order chi connectivity index (χ1) is 20.6. The van der Waals surface area contributed by atoms with Gasteiger partial charge in [0.1, 0.15) is 17.1 Å². The monoisotopic (exact) mass is 595 g/mol. The molecule has 2 aromatic rings. The van der Waals surface area contributed by atoms with Crippen LogP contribution in [0.5, 0.6) is 11.5 Å². The van der Waals surface area contributed by atoms with Crippen molar-refractivity contribution in [1.82, 2.24) is 15.5 Å². The zero-order chi connectivity index (χ0) is 31.0. The molecule has 2 saturated heterocycles. The van der Waals surface area contributed by atoms with Gasteiger partial charge in [0.2, 0.25) is 11.8 Å². The van der Waals surface area contributed by atoms with Crippen LogP contribution in [0.1, 0.15) is 31.4 Å². The number of nitrogens with zero attached hydrogens (tertiary/aromatic N) is 1. The van der Waals surface area contributed by atoms with Gasteiger partial charge in [-0.15, -0.1) is 0 Å². The molecule has 232 valence electrons. The molecule has 0 spiro atoms. The molecule has 2 amide bonds. The first kappa shape index (κ1) is 32.1. The minimum atomic E-state index is -0.967. The number of ether oxygens (including phenoxy) is 3. The number of morpholine rings is 1. The van der Waals surface area contributed by atoms with Crippen LogP contribution in [0.2, 0.25) is 0 Å². The normalized spacial score (nSPS) is 20.3. The molecule has 11 heteroatoms. The SMILES string of the molecule is COc1ccc(C[C@H](CC(=O)[C@H](C)NC(=O)CN2CCOCC2)C(=O)N[C@@H](Cc2ccccc2)C(=O)[C@@]2(C)CO2)c(O)c1. The Kier molecular flexibility index (Phi) is 10.9. The molecule has 0 aliphatic carbocycles. The molecule has 3 N–H and O–H groups in total. The zero-order valence-electron chi connectivity index (χ0n) is 25.0. The number of nitrogens with one attached hydrogen (secondary N) is 2. The summed E-state index contributed by atoms with van der Waals surface area (Å²) in [5.41, 5.74) is 0.342. The van der Waals surface area contributed by atoms with Gasteiger partial charge in [0.25, 0.3) is 0 Å². The standard InChI is InChI=1S/C32H41N3O8/c1-21(33-29(38)19-35-11-13-42-14-12-35)27(36)17-24(16-23-9-10-25(41-3)18-28(23)37)31(40)34-26(30(39)32(2)20-43-32)15-22-7-5-4-6-8-22/h4-10,18,21,24,26,37H,11-17,19-20H2,1-3H3,(H,33,38)(H,34,40)/t21-,24+,26-,32+/m0/s1. The number of rotatable bonds is 15. The molecule has 2 aliphatic heterocycles. The number of hydrogen-bond donors (Lipinski definition) is 3. The maximum absolute atomic E-state index is 13.8. The smallest absolute Gasteiger partial charge is 0.234 e. The van der Waals surface area contributed by atoms with Crippen molar-refractivity contribution in [3.63, 3.8) is 0 Å². The molecule has 0 radical (unpaired) electrons. The molecule has 2 heterocycles. The molecule has 0 aromatic heterocycles. The molecule has 2 aliphatic rings. The highest BCUT2D eigenvalue weighted by Crippen LogP contribution is 2.30. The average molecular weight is 596 g/mol. The number of phenolic OH excluding ortho intramolecular Hbond substituents is 1. The largest absolute Gasteiger partial charge is 0.508 e. The Morgan fingerprint density at radius 2 is 1.74 bits per heavy atom. The number of carbonyl (C=O) groups is 4. The molecule has 2 fully saturated rings. The summed E-state index contributed by atoms with van der Waals surface area (Å²) in [6.07, 6.45) is 0.0744. The Morgan fingerprint density at radius 3 is 2.37 bits per heavy atom. The lowest BCUT2D eigenvalue weighted by Crippen LogP contribution is -2.50. The third kappa shape index (κ3) is 9.09. The number of benzene rings is 2. The fourth-order valence-corrected chi connectivity index (χ4v) is 5.08. The van der Waals surface area contributed by atoms with Crippen molar-refractivity contribution in [3.8, 4) is 11.5 Å². The second-order valence-corrected chi connectivity index (χ2v) is 11.4. The third-order valence-corrected chi connectivity index (χ3v) is 7.92. The van der Waals surface area contributed by atoms with Crippen LogP contribution in [0.25, 0.3) is 0 Å². The second-order valence-electron chi connectivity index (χ2n) is 11.4. The van der Waals surface area contributed by atoms with E-state index < -0.39 is 29.5 Å². The number of ketones is 2. The van der Waals surface area contributed by atoms with Crippen LogP contribution in [0.4, 0.5) is 0 Å². The maximum Gasteiger partial charge on any atom is 0.234 e. The van der Waals surface area contributed by atoms with E-state index in [0.717, 1.165) is 5.56 Å². The highest BCUT2D eigenvalue weighted by molar-refractivity contribution is 5.98. The van der Waals surface area contributed by atoms with E-state index in [0.29, 0.717) is 37.6 Å². The lowest BCUT2D eigenvalue weighted by atomic mass is 9.89. The van der Waals surface area contributed by atoms with Crippen LogP contribution in [0.3, 0.4) is 0 Å². The van der Waals surface area contributed by atoms with Crippen molar-refractivity contribution < 1.29 is 38.5 Å². The number of phenols is 1. The highest BCUT2D eigenvalue weighted by atomic mass is 16.6. The van der Waals surface area contributed by atoms with E-state index in [1.807, 2.05) is 35.2 Å². The number of amides is 2. The summed E-state index contributed by atoms with van der Waals surface area (Å²) in [5, 5.41) is 16.2. The van der Waals surface area contributed by atoms with Crippen molar-refractivity contribution in [2.75, 3.05) is 46.6 Å². The van der Waals surface area contributed by atoms with E-state index in [9.17, 15) is 24.3 Å². The van der Waals surface area contributed by atoms with Gasteiger partial charge >= 0.3 is 0 Å². The molecular weight excluding hydrogens is 554 g/mol. The van der Waals surface area contributed by atoms with Gasteiger partial charge in [-0.1, -0.05) is 36.4 Å². The number of methoxy groups -OCH3 is 1. The molecule has 0 saturated carbocycles. The average Bonchev–Trinajstić information content (AvgIpc) is 3.75. The quantitative estimate of drug-likeness (QED) is 0.260. The molecule has 0 unspecified atom stereocenters. The van der Waals surface area contributed by atoms with Gasteiger partial charge in [0.05, 0.1) is 45.6 Å². The van der Waals surface area contributed by atoms with E-state index in [2.05, 4.69) is 10.6 Å². The number of Topliss-reactive ketones (excluding diaryl/α,β-unsaturated/α-hetero) is 2. The van der Waals surface area contributed by atoms with E-state index in [1.54, 1.807) is 26.0 Å². The maximum atomic E-state index is 13.8. The van der Waals surface area contributed by atoms with Crippen molar-refractivity contribution in [2.45, 2.75) is 50.8 Å². The van der Waals surface area contributed by atoms with Crippen LogP contribution in [0, 0.1) is 5.92 Å². The summed E-state index contributed by atoms with van der Waals surface area (Å²) in [5.74, 6) is -1.94. The Morgan fingerprint density at radius 1 is 1.05 bits per heavy atom. The minimum absolute atomic E-state index is 0.0296. The number of aromatic hydroxyl groups is 1. The summed E-state index contributed by atoms with van der Waals surface area (Å²) in [4.78, 5) is 55.1. The predicted octanol–water partition coefficient (Wildman–Crippen LogP) is 1.44. The molecule has 4 atom stereocenters. The predicted molar refractivity (Wildman–Crippen MR) is 158 cm³/mol. The fraction of sp³-hybridized carbons (Fsp3) is 0.500. The topological polar surface area (TPSA) is 147 Å². The Balaban J connectivity index is 1.49. The van der Waals surface area contributed by atoms with Crippen molar-refractivity contribution in [2.24, 2.45) is 5.92 Å². The minimum Gasteiger partial charge on any atom is -0.508 e. The van der Waals surface area contributed by atoms with Crippen molar-refractivity contribution in [3.05, 3.63) is 59.7 Å². The third-order valence-electron chi connectivity index (χ3n) is 7.92. The Bertz CT molecular complexity index is 1290. The van der Waals surface area contributed by atoms with E-state index >= 15 is 0 Å². The fourth-order valence-electron chi connectivity index (χ4n) is 5.08. The van der Waals surface area contributed by atoms with Crippen LogP contribution < -0.4 is 15.4 Å². The van der Waals surface area contributed by atoms with Crippen LogP contribution in [-0.4, -0.2) is 97.6 Å². The molecule has 0 bridgehead atoms. The molecule has 43 heavy (non-hydrogen) atoms. The summed E-state index contributed by atoms with van der Waals surface area (Å²) in [7, 11) is 1.48. The number of epoxide rings is 1. The Hall–Kier alpha value is -3.80. The summed E-state index contributed by atoms with van der Waals surface area (Å²) < 4.78 is 15.9. The lowest BCUT2D eigenvalue weighted by molar-refractivity contribution is -0.134. The zero-order valence-corrected chi connectivity index (χ0v) is 25.0. The first-order valence-corrected chi connectivity index (χ1v) is 14.6. The van der Waals surface area contributed by atoms with Gasteiger partial charge in [0.15, 0.2) is 11.6 Å². The number of hydrogen-bond acceptors (Lipinski definition) is 9. The number of carbonyl (C=O) groups excluding carboxylic acids is 4. The second kappa shape index (κ2) is 14.6. The van der Waals surface area contributed by atoms with Crippen LogP contribution >= 0.6 is 0 Å². The van der Waals surface area contributed by atoms with Gasteiger partial charge in [-0.25, -0.2) is 0 Å². The van der Waals surface area contributed by atoms with Crippen LogP contribution in [0.15, 0.2) is 48.5 Å². The van der Waals surface area contributed by atoms with E-state index in [-0.39, 0.29) is 55.6 Å². The van der Waals surface area contributed by atoms with Gasteiger partial charge < -0.3 is 30.0 Å². The summed E-state index contributed by atoms with van der Waals surface area (Å²) in [6.45, 7) is 6.08. The molecule has 4 rings (SSSR count).